The lowest BCUT2D eigenvalue weighted by Crippen LogP contribution is -2.33. The molecule has 1 atom stereocenters. The average Bonchev–Trinajstić information content (AvgIpc) is 2.75. The molecule has 0 aliphatic rings. The summed E-state index contributed by atoms with van der Waals surface area (Å²) in [6, 6.07) is 9.12. The second-order valence-electron chi connectivity index (χ2n) is 5.89. The molecule has 0 saturated heterocycles. The molecule has 0 amide bonds. The smallest absolute Gasteiger partial charge is 0.0703 e. The maximum Gasteiger partial charge on any atom is 0.0703 e. The summed E-state index contributed by atoms with van der Waals surface area (Å²) in [5.41, 5.74) is 2.47. The Morgan fingerprint density at radius 1 is 1.25 bits per heavy atom. The number of hydrogen-bond donors (Lipinski definition) is 1. The van der Waals surface area contributed by atoms with Crippen molar-refractivity contribution in [1.29, 1.82) is 0 Å². The molecule has 2 rings (SSSR count). The summed E-state index contributed by atoms with van der Waals surface area (Å²) in [6.45, 7) is 7.82. The average molecular weight is 273 g/mol. The number of nitrogens with one attached hydrogen (secondary N) is 1. The lowest BCUT2D eigenvalue weighted by atomic mass is 9.97. The van der Waals surface area contributed by atoms with Crippen molar-refractivity contribution in [2.45, 2.75) is 46.1 Å². The van der Waals surface area contributed by atoms with Crippen molar-refractivity contribution in [2.75, 3.05) is 6.54 Å². The Labute approximate surface area is 122 Å². The monoisotopic (exact) mass is 273 g/mol. The van der Waals surface area contributed by atoms with Crippen LogP contribution < -0.4 is 5.32 Å². The van der Waals surface area contributed by atoms with Crippen LogP contribution in [0.1, 0.15) is 39.3 Å². The molecular weight excluding hydrogens is 246 g/mol. The lowest BCUT2D eigenvalue weighted by molar-refractivity contribution is 0.376. The van der Waals surface area contributed by atoms with Crippen molar-refractivity contribution in [3.05, 3.63) is 30.0 Å². The van der Waals surface area contributed by atoms with E-state index in [9.17, 15) is 0 Å². The van der Waals surface area contributed by atoms with Gasteiger partial charge < -0.3 is 5.32 Å². The Bertz CT molecular complexity index is 542. The van der Waals surface area contributed by atoms with Crippen molar-refractivity contribution in [3.63, 3.8) is 0 Å². The van der Waals surface area contributed by atoms with Gasteiger partial charge in [0, 0.05) is 18.5 Å². The third-order valence-electron chi connectivity index (χ3n) is 4.03. The fourth-order valence-corrected chi connectivity index (χ4v) is 2.90. The minimum atomic E-state index is 0.620. The van der Waals surface area contributed by atoms with Gasteiger partial charge in [-0.05, 0) is 37.8 Å². The van der Waals surface area contributed by atoms with Crippen molar-refractivity contribution >= 4 is 10.9 Å². The van der Waals surface area contributed by atoms with Gasteiger partial charge in [0.05, 0.1) is 11.2 Å². The third kappa shape index (κ3) is 3.40. The Kier molecular flexibility index (Phi) is 5.18. The van der Waals surface area contributed by atoms with Gasteiger partial charge in [0.25, 0.3) is 0 Å². The molecule has 0 fully saturated rings. The Morgan fingerprint density at radius 3 is 2.70 bits per heavy atom. The van der Waals surface area contributed by atoms with Gasteiger partial charge in [0.1, 0.15) is 0 Å². The SMILES string of the molecule is CCNC(CCCc1nn(C)c2ccccc12)C(C)C. The highest BCUT2D eigenvalue weighted by atomic mass is 15.3. The molecule has 110 valence electrons. The quantitative estimate of drug-likeness (QED) is 0.836. The maximum atomic E-state index is 4.67. The first-order valence-corrected chi connectivity index (χ1v) is 7.77. The van der Waals surface area contributed by atoms with E-state index in [4.69, 9.17) is 0 Å². The van der Waals surface area contributed by atoms with Crippen LogP contribution >= 0.6 is 0 Å². The Hall–Kier alpha value is -1.35. The largest absolute Gasteiger partial charge is 0.314 e. The molecule has 20 heavy (non-hydrogen) atoms. The molecule has 0 saturated carbocycles. The summed E-state index contributed by atoms with van der Waals surface area (Å²) in [4.78, 5) is 0. The molecule has 0 radical (unpaired) electrons. The number of aromatic nitrogens is 2. The van der Waals surface area contributed by atoms with Gasteiger partial charge in [-0.15, -0.1) is 0 Å². The molecule has 1 aromatic heterocycles. The van der Waals surface area contributed by atoms with Crippen LogP contribution in [0.25, 0.3) is 10.9 Å². The van der Waals surface area contributed by atoms with Crippen LogP contribution in [0.5, 0.6) is 0 Å². The van der Waals surface area contributed by atoms with E-state index >= 15 is 0 Å². The third-order valence-corrected chi connectivity index (χ3v) is 4.03. The van der Waals surface area contributed by atoms with E-state index in [0.29, 0.717) is 12.0 Å². The fourth-order valence-electron chi connectivity index (χ4n) is 2.90. The minimum Gasteiger partial charge on any atom is -0.314 e. The van der Waals surface area contributed by atoms with Crippen LogP contribution in [-0.4, -0.2) is 22.4 Å². The van der Waals surface area contributed by atoms with E-state index < -0.39 is 0 Å². The first-order valence-electron chi connectivity index (χ1n) is 7.77. The summed E-state index contributed by atoms with van der Waals surface area (Å²) in [6.07, 6.45) is 3.48. The van der Waals surface area contributed by atoms with Crippen molar-refractivity contribution in [1.82, 2.24) is 15.1 Å². The summed E-state index contributed by atoms with van der Waals surface area (Å²) in [5.74, 6) is 0.690. The predicted molar refractivity (Wildman–Crippen MR) is 86.0 cm³/mol. The van der Waals surface area contributed by atoms with Crippen molar-refractivity contribution in [2.24, 2.45) is 13.0 Å². The zero-order valence-corrected chi connectivity index (χ0v) is 13.2. The number of nitrogens with zero attached hydrogens (tertiary/aromatic N) is 2. The molecular formula is C17H27N3. The van der Waals surface area contributed by atoms with Gasteiger partial charge in [0.15, 0.2) is 0 Å². The van der Waals surface area contributed by atoms with E-state index in [-0.39, 0.29) is 0 Å². The number of fused-ring (bicyclic) bond motifs is 1. The number of para-hydroxylation sites is 1. The first-order chi connectivity index (χ1) is 9.63. The van der Waals surface area contributed by atoms with Crippen LogP contribution in [0.2, 0.25) is 0 Å². The van der Waals surface area contributed by atoms with Gasteiger partial charge >= 0.3 is 0 Å². The Morgan fingerprint density at radius 2 is 2.00 bits per heavy atom. The van der Waals surface area contributed by atoms with Gasteiger partial charge in [-0.25, -0.2) is 0 Å². The van der Waals surface area contributed by atoms with Gasteiger partial charge in [-0.2, -0.15) is 5.10 Å². The highest BCUT2D eigenvalue weighted by Crippen LogP contribution is 2.20. The molecule has 0 aliphatic carbocycles. The van der Waals surface area contributed by atoms with Gasteiger partial charge in [-0.1, -0.05) is 39.0 Å². The zero-order valence-electron chi connectivity index (χ0n) is 13.2. The van der Waals surface area contributed by atoms with Crippen LogP contribution in [-0.2, 0) is 13.5 Å². The molecule has 0 bridgehead atoms. The predicted octanol–water partition coefficient (Wildman–Crippen LogP) is 3.53. The van der Waals surface area contributed by atoms with Crippen molar-refractivity contribution in [3.8, 4) is 0 Å². The van der Waals surface area contributed by atoms with E-state index in [1.807, 2.05) is 11.7 Å². The highest BCUT2D eigenvalue weighted by molar-refractivity contribution is 5.81. The molecule has 1 N–H and O–H groups in total. The van der Waals surface area contributed by atoms with E-state index in [1.165, 1.54) is 29.4 Å². The van der Waals surface area contributed by atoms with Crippen LogP contribution in [0.15, 0.2) is 24.3 Å². The van der Waals surface area contributed by atoms with Crippen LogP contribution in [0.4, 0.5) is 0 Å². The van der Waals surface area contributed by atoms with E-state index in [1.54, 1.807) is 0 Å². The maximum absolute atomic E-state index is 4.67. The molecule has 2 aromatic rings. The molecule has 0 spiro atoms. The first kappa shape index (κ1) is 15.0. The topological polar surface area (TPSA) is 29.9 Å². The summed E-state index contributed by atoms with van der Waals surface area (Å²) in [5, 5.41) is 9.56. The van der Waals surface area contributed by atoms with E-state index in [2.05, 4.69) is 55.5 Å². The molecule has 1 heterocycles. The number of aryl methyl sites for hydroxylation is 2. The van der Waals surface area contributed by atoms with E-state index in [0.717, 1.165) is 13.0 Å². The normalized spacial score (nSPS) is 13.2. The minimum absolute atomic E-state index is 0.620. The standard InChI is InChI=1S/C17H27N3/c1-5-18-15(13(2)3)10-8-11-16-14-9-6-7-12-17(14)20(4)19-16/h6-7,9,12-13,15,18H,5,8,10-11H2,1-4H3. The van der Waals surface area contributed by atoms with Gasteiger partial charge in [-0.3, -0.25) is 4.68 Å². The second kappa shape index (κ2) is 6.89. The summed E-state index contributed by atoms with van der Waals surface area (Å²) < 4.78 is 1.99. The highest BCUT2D eigenvalue weighted by Gasteiger charge is 2.13. The summed E-state index contributed by atoms with van der Waals surface area (Å²) in [7, 11) is 2.03. The van der Waals surface area contributed by atoms with Crippen molar-refractivity contribution < 1.29 is 0 Å². The lowest BCUT2D eigenvalue weighted by Gasteiger charge is -2.21. The number of rotatable bonds is 7. The molecule has 3 heteroatoms. The molecule has 1 unspecified atom stereocenters. The number of benzene rings is 1. The second-order valence-corrected chi connectivity index (χ2v) is 5.89. The fraction of sp³-hybridized carbons (Fsp3) is 0.588. The van der Waals surface area contributed by atoms with Gasteiger partial charge in [0.2, 0.25) is 0 Å². The molecule has 0 aliphatic heterocycles. The summed E-state index contributed by atoms with van der Waals surface area (Å²) >= 11 is 0. The van der Waals surface area contributed by atoms with Crippen LogP contribution in [0, 0.1) is 5.92 Å². The van der Waals surface area contributed by atoms with Crippen LogP contribution in [0.3, 0.4) is 0 Å². The zero-order chi connectivity index (χ0) is 14.5. The number of hydrogen-bond acceptors (Lipinski definition) is 2. The molecule has 1 aromatic carbocycles. The molecule has 3 nitrogen and oxygen atoms in total. The Balaban J connectivity index is 1.99.